The van der Waals surface area contributed by atoms with Crippen molar-refractivity contribution in [2.45, 2.75) is 31.0 Å². The number of hydrogen-bond acceptors (Lipinski definition) is 3. The highest BCUT2D eigenvalue weighted by molar-refractivity contribution is 7.89. The second-order valence-electron chi connectivity index (χ2n) is 4.30. The van der Waals surface area contributed by atoms with Gasteiger partial charge in [0.05, 0.1) is 16.5 Å². The molecule has 0 aliphatic heterocycles. The molecule has 110 valence electrons. The number of alkyl halides is 3. The first-order chi connectivity index (χ1) is 9.12. The number of sulfonamides is 1. The van der Waals surface area contributed by atoms with Crippen LogP contribution in [0.1, 0.15) is 19.4 Å². The lowest BCUT2D eigenvalue weighted by Gasteiger charge is -2.24. The van der Waals surface area contributed by atoms with Crippen molar-refractivity contribution < 1.29 is 21.6 Å². The summed E-state index contributed by atoms with van der Waals surface area (Å²) in [5.74, 6) is 0. The van der Waals surface area contributed by atoms with Crippen LogP contribution >= 0.6 is 0 Å². The number of nitrogens with zero attached hydrogens (tertiary/aromatic N) is 2. The zero-order chi connectivity index (χ0) is 15.6. The molecule has 20 heavy (non-hydrogen) atoms. The van der Waals surface area contributed by atoms with Gasteiger partial charge in [0.15, 0.2) is 0 Å². The van der Waals surface area contributed by atoms with E-state index in [0.29, 0.717) is 6.07 Å². The first-order valence-corrected chi connectivity index (χ1v) is 7.11. The zero-order valence-electron chi connectivity index (χ0n) is 10.8. The summed E-state index contributed by atoms with van der Waals surface area (Å²) in [4.78, 5) is -0.837. The molecule has 0 N–H and O–H groups in total. The minimum absolute atomic E-state index is 0.508. The predicted molar refractivity (Wildman–Crippen MR) is 66.1 cm³/mol. The quantitative estimate of drug-likeness (QED) is 0.803. The molecule has 1 aromatic carbocycles. The lowest BCUT2D eigenvalue weighted by atomic mass is 10.2. The largest absolute Gasteiger partial charge is 0.417 e. The molecule has 1 aromatic rings. The Morgan fingerprint density at radius 2 is 1.85 bits per heavy atom. The summed E-state index contributed by atoms with van der Waals surface area (Å²) in [5.41, 5.74) is -1.23. The fourth-order valence-electron chi connectivity index (χ4n) is 1.67. The smallest absolute Gasteiger partial charge is 0.207 e. The van der Waals surface area contributed by atoms with Crippen molar-refractivity contribution in [1.82, 2.24) is 4.31 Å². The van der Waals surface area contributed by atoms with Crippen LogP contribution in [-0.2, 0) is 16.2 Å². The topological polar surface area (TPSA) is 61.2 Å². The highest BCUT2D eigenvalue weighted by Gasteiger charge is 2.39. The summed E-state index contributed by atoms with van der Waals surface area (Å²) in [5, 5.41) is 8.65. The van der Waals surface area contributed by atoms with E-state index in [-0.39, 0.29) is 0 Å². The van der Waals surface area contributed by atoms with Crippen LogP contribution in [0.5, 0.6) is 0 Å². The van der Waals surface area contributed by atoms with Crippen molar-refractivity contribution in [3.63, 3.8) is 0 Å². The molecule has 8 heteroatoms. The van der Waals surface area contributed by atoms with Crippen molar-refractivity contribution in [3.05, 3.63) is 29.8 Å². The van der Waals surface area contributed by atoms with E-state index in [0.717, 1.165) is 16.4 Å². The van der Waals surface area contributed by atoms with Crippen LogP contribution in [0.2, 0.25) is 0 Å². The van der Waals surface area contributed by atoms with Crippen molar-refractivity contribution in [2.75, 3.05) is 6.54 Å². The van der Waals surface area contributed by atoms with E-state index < -0.39 is 39.2 Å². The zero-order valence-corrected chi connectivity index (χ0v) is 11.7. The summed E-state index contributed by atoms with van der Waals surface area (Å²) >= 11 is 0. The third-order valence-corrected chi connectivity index (χ3v) is 4.66. The van der Waals surface area contributed by atoms with Gasteiger partial charge in [-0.1, -0.05) is 12.1 Å². The van der Waals surface area contributed by atoms with Gasteiger partial charge in [-0.3, -0.25) is 0 Å². The molecule has 0 saturated carbocycles. The first-order valence-electron chi connectivity index (χ1n) is 5.67. The first kappa shape index (κ1) is 16.5. The molecule has 0 spiro atoms. The van der Waals surface area contributed by atoms with E-state index in [1.807, 2.05) is 0 Å². The molecule has 0 atom stereocenters. The van der Waals surface area contributed by atoms with E-state index in [9.17, 15) is 21.6 Å². The standard InChI is InChI=1S/C12H13F3N2O2S/c1-9(2)17(8-7-16)20(18,19)11-6-4-3-5-10(11)12(13,14)15/h3-6,9H,8H2,1-2H3. The van der Waals surface area contributed by atoms with Crippen LogP contribution in [-0.4, -0.2) is 25.3 Å². The maximum absolute atomic E-state index is 12.9. The third kappa shape index (κ3) is 3.29. The molecule has 0 heterocycles. The van der Waals surface area contributed by atoms with E-state index in [2.05, 4.69) is 0 Å². The van der Waals surface area contributed by atoms with Gasteiger partial charge in [-0.2, -0.15) is 22.7 Å². The normalized spacial score (nSPS) is 12.7. The maximum Gasteiger partial charge on any atom is 0.417 e. The summed E-state index contributed by atoms with van der Waals surface area (Å²) in [6, 6.07) is 4.96. The van der Waals surface area contributed by atoms with Crippen LogP contribution in [0.25, 0.3) is 0 Å². The summed E-state index contributed by atoms with van der Waals surface area (Å²) in [6.07, 6.45) is -4.78. The molecule has 0 aliphatic carbocycles. The maximum atomic E-state index is 12.9. The molecule has 0 saturated heterocycles. The number of hydrogen-bond donors (Lipinski definition) is 0. The average molecular weight is 306 g/mol. The van der Waals surface area contributed by atoms with Gasteiger partial charge in [-0.15, -0.1) is 0 Å². The molecule has 0 amide bonds. The van der Waals surface area contributed by atoms with E-state index in [4.69, 9.17) is 5.26 Å². The van der Waals surface area contributed by atoms with Crippen LogP contribution in [0.15, 0.2) is 29.2 Å². The highest BCUT2D eigenvalue weighted by atomic mass is 32.2. The number of benzene rings is 1. The number of rotatable bonds is 4. The monoisotopic (exact) mass is 306 g/mol. The van der Waals surface area contributed by atoms with Crippen LogP contribution in [0.4, 0.5) is 13.2 Å². The van der Waals surface area contributed by atoms with E-state index >= 15 is 0 Å². The Kier molecular flexibility index (Phi) is 4.78. The minimum atomic E-state index is -4.78. The fraction of sp³-hybridized carbons (Fsp3) is 0.417. The predicted octanol–water partition coefficient (Wildman–Crippen LogP) is 2.63. The SMILES string of the molecule is CC(C)N(CC#N)S(=O)(=O)c1ccccc1C(F)(F)F. The van der Waals surface area contributed by atoms with Crippen molar-refractivity contribution >= 4 is 10.0 Å². The Morgan fingerprint density at radius 3 is 2.30 bits per heavy atom. The minimum Gasteiger partial charge on any atom is -0.207 e. The van der Waals surface area contributed by atoms with Gasteiger partial charge in [0.25, 0.3) is 0 Å². The Morgan fingerprint density at radius 1 is 1.30 bits per heavy atom. The average Bonchev–Trinajstić information content (AvgIpc) is 2.34. The Hall–Kier alpha value is -1.59. The van der Waals surface area contributed by atoms with Gasteiger partial charge in [-0.25, -0.2) is 8.42 Å². The third-order valence-electron chi connectivity index (χ3n) is 2.58. The number of halogens is 3. The molecule has 0 fully saturated rings. The van der Waals surface area contributed by atoms with Gasteiger partial charge in [-0.05, 0) is 26.0 Å². The van der Waals surface area contributed by atoms with Crippen molar-refractivity contribution in [3.8, 4) is 6.07 Å². The van der Waals surface area contributed by atoms with E-state index in [1.54, 1.807) is 6.07 Å². The molecule has 4 nitrogen and oxygen atoms in total. The molecule has 0 aromatic heterocycles. The molecule has 1 rings (SSSR count). The van der Waals surface area contributed by atoms with E-state index in [1.165, 1.54) is 19.9 Å². The van der Waals surface area contributed by atoms with Gasteiger partial charge >= 0.3 is 6.18 Å². The van der Waals surface area contributed by atoms with Gasteiger partial charge in [0, 0.05) is 6.04 Å². The molecular formula is C12H13F3N2O2S. The van der Waals surface area contributed by atoms with Crippen molar-refractivity contribution in [1.29, 1.82) is 5.26 Å². The molecular weight excluding hydrogens is 293 g/mol. The van der Waals surface area contributed by atoms with Crippen LogP contribution in [0.3, 0.4) is 0 Å². The molecule has 0 radical (unpaired) electrons. The second-order valence-corrected chi connectivity index (χ2v) is 6.16. The Balaban J connectivity index is 3.47. The van der Waals surface area contributed by atoms with Gasteiger partial charge < -0.3 is 0 Å². The lowest BCUT2D eigenvalue weighted by molar-refractivity contribution is -0.139. The van der Waals surface area contributed by atoms with Gasteiger partial charge in [0.1, 0.15) is 6.54 Å². The summed E-state index contributed by atoms with van der Waals surface area (Å²) < 4.78 is 64.0. The summed E-state index contributed by atoms with van der Waals surface area (Å²) in [6.45, 7) is 2.47. The molecule has 0 unspecified atom stereocenters. The highest BCUT2D eigenvalue weighted by Crippen LogP contribution is 2.35. The van der Waals surface area contributed by atoms with Crippen LogP contribution in [0, 0.1) is 11.3 Å². The summed E-state index contributed by atoms with van der Waals surface area (Å²) in [7, 11) is -4.39. The second kappa shape index (κ2) is 5.81. The Bertz CT molecular complexity index is 618. The van der Waals surface area contributed by atoms with Gasteiger partial charge in [0.2, 0.25) is 10.0 Å². The molecule has 0 bridgehead atoms. The Labute approximate surface area is 115 Å². The molecule has 0 aliphatic rings. The number of nitriles is 1. The van der Waals surface area contributed by atoms with Crippen molar-refractivity contribution in [2.24, 2.45) is 0 Å². The fourth-order valence-corrected chi connectivity index (χ4v) is 3.41. The van der Waals surface area contributed by atoms with Crippen LogP contribution < -0.4 is 0 Å². The lowest BCUT2D eigenvalue weighted by Crippen LogP contribution is -2.38.